The summed E-state index contributed by atoms with van der Waals surface area (Å²) in [5.41, 5.74) is 0. The van der Waals surface area contributed by atoms with E-state index >= 15 is 0 Å². The highest BCUT2D eigenvalue weighted by molar-refractivity contribution is 7.89. The Kier molecular flexibility index (Phi) is 4.95. The molecule has 6 nitrogen and oxygen atoms in total. The van der Waals surface area contributed by atoms with Crippen molar-refractivity contribution in [2.24, 2.45) is 5.92 Å². The third kappa shape index (κ3) is 3.28. The fourth-order valence-electron chi connectivity index (χ4n) is 2.23. The van der Waals surface area contributed by atoms with Crippen molar-refractivity contribution >= 4 is 15.8 Å². The molecule has 112 valence electrons. The average Bonchev–Trinajstić information content (AvgIpc) is 2.95. The third-order valence-electron chi connectivity index (χ3n) is 3.43. The molecule has 0 aromatic carbocycles. The number of aliphatic hydroxyl groups is 1. The minimum atomic E-state index is -3.49. The number of aromatic nitrogens is 1. The first-order chi connectivity index (χ1) is 9.57. The second kappa shape index (κ2) is 6.51. The van der Waals surface area contributed by atoms with Crippen molar-refractivity contribution in [3.8, 4) is 0 Å². The first-order valence-electron chi connectivity index (χ1n) is 6.89. The van der Waals surface area contributed by atoms with Gasteiger partial charge in [0.15, 0.2) is 0 Å². The molecule has 1 aliphatic rings. The molecule has 1 aromatic heterocycles. The van der Waals surface area contributed by atoms with Crippen LogP contribution in [0.3, 0.4) is 0 Å². The van der Waals surface area contributed by atoms with E-state index in [4.69, 9.17) is 5.11 Å². The van der Waals surface area contributed by atoms with Gasteiger partial charge in [-0.2, -0.15) is 4.31 Å². The van der Waals surface area contributed by atoms with Crippen LogP contribution in [0.5, 0.6) is 0 Å². The van der Waals surface area contributed by atoms with Crippen molar-refractivity contribution in [1.82, 2.24) is 9.29 Å². The van der Waals surface area contributed by atoms with E-state index in [1.807, 2.05) is 6.92 Å². The molecule has 1 fully saturated rings. The molecule has 20 heavy (non-hydrogen) atoms. The van der Waals surface area contributed by atoms with Crippen LogP contribution in [-0.2, 0) is 10.0 Å². The highest BCUT2D eigenvalue weighted by Crippen LogP contribution is 2.24. The Bertz CT molecular complexity index is 548. The van der Waals surface area contributed by atoms with Crippen molar-refractivity contribution in [2.75, 3.05) is 31.6 Å². The summed E-state index contributed by atoms with van der Waals surface area (Å²) in [6, 6.07) is 3.08. The van der Waals surface area contributed by atoms with Gasteiger partial charge in [-0.3, -0.25) is 0 Å². The minimum absolute atomic E-state index is 0.0334. The van der Waals surface area contributed by atoms with E-state index in [-0.39, 0.29) is 17.4 Å². The molecule has 1 saturated heterocycles. The number of aliphatic hydroxyl groups excluding tert-OH is 1. The number of hydrogen-bond donors (Lipinski definition) is 2. The van der Waals surface area contributed by atoms with Crippen LogP contribution in [0.15, 0.2) is 23.2 Å². The minimum Gasteiger partial charge on any atom is -0.396 e. The summed E-state index contributed by atoms with van der Waals surface area (Å²) < 4.78 is 26.5. The summed E-state index contributed by atoms with van der Waals surface area (Å²) >= 11 is 0. The Hall–Kier alpha value is -1.18. The van der Waals surface area contributed by atoms with Gasteiger partial charge < -0.3 is 10.4 Å². The van der Waals surface area contributed by atoms with E-state index in [1.54, 1.807) is 6.07 Å². The van der Waals surface area contributed by atoms with Gasteiger partial charge in [0.25, 0.3) is 0 Å². The van der Waals surface area contributed by atoms with Crippen molar-refractivity contribution < 1.29 is 13.5 Å². The largest absolute Gasteiger partial charge is 0.396 e. The molecule has 1 atom stereocenters. The number of nitrogens with zero attached hydrogens (tertiary/aromatic N) is 2. The molecule has 7 heteroatoms. The molecule has 0 amide bonds. The maximum absolute atomic E-state index is 12.5. The summed E-state index contributed by atoms with van der Waals surface area (Å²) in [5, 5.41) is 12.2. The lowest BCUT2D eigenvalue weighted by molar-refractivity contribution is 0.233. The lowest BCUT2D eigenvalue weighted by atomic mass is 10.1. The second-order valence-electron chi connectivity index (χ2n) is 5.00. The van der Waals surface area contributed by atoms with Crippen LogP contribution in [0.1, 0.15) is 19.8 Å². The zero-order valence-electron chi connectivity index (χ0n) is 11.6. The van der Waals surface area contributed by atoms with Crippen molar-refractivity contribution in [3.63, 3.8) is 0 Å². The Balaban J connectivity index is 2.17. The fraction of sp³-hybridized carbons (Fsp3) is 0.615. The van der Waals surface area contributed by atoms with Gasteiger partial charge in [-0.05, 0) is 24.8 Å². The molecule has 2 heterocycles. The summed E-state index contributed by atoms with van der Waals surface area (Å²) in [6.07, 6.45) is 3.16. The van der Waals surface area contributed by atoms with Crippen LogP contribution in [0.2, 0.25) is 0 Å². The number of sulfonamides is 1. The van der Waals surface area contributed by atoms with Crippen LogP contribution in [-0.4, -0.2) is 49.1 Å². The Morgan fingerprint density at radius 2 is 2.35 bits per heavy atom. The van der Waals surface area contributed by atoms with Crippen molar-refractivity contribution in [3.05, 3.63) is 18.3 Å². The summed E-state index contributed by atoms with van der Waals surface area (Å²) in [6.45, 7) is 3.68. The molecule has 1 aromatic rings. The van der Waals surface area contributed by atoms with E-state index in [2.05, 4.69) is 10.3 Å². The predicted molar refractivity (Wildman–Crippen MR) is 77.0 cm³/mol. The maximum atomic E-state index is 12.5. The second-order valence-corrected chi connectivity index (χ2v) is 6.94. The van der Waals surface area contributed by atoms with Gasteiger partial charge in [-0.15, -0.1) is 0 Å². The van der Waals surface area contributed by atoms with Gasteiger partial charge in [-0.25, -0.2) is 13.4 Å². The van der Waals surface area contributed by atoms with Crippen molar-refractivity contribution in [1.29, 1.82) is 0 Å². The van der Waals surface area contributed by atoms with E-state index in [0.29, 0.717) is 25.3 Å². The highest BCUT2D eigenvalue weighted by Gasteiger charge is 2.32. The average molecular weight is 299 g/mol. The molecule has 0 spiro atoms. The topological polar surface area (TPSA) is 82.5 Å². The van der Waals surface area contributed by atoms with Crippen LogP contribution in [0.4, 0.5) is 5.82 Å². The molecule has 2 N–H and O–H groups in total. The van der Waals surface area contributed by atoms with Crippen LogP contribution < -0.4 is 5.32 Å². The Morgan fingerprint density at radius 3 is 3.00 bits per heavy atom. The van der Waals surface area contributed by atoms with Crippen molar-refractivity contribution in [2.45, 2.75) is 24.7 Å². The molecule has 2 rings (SSSR count). The molecular weight excluding hydrogens is 278 g/mol. The summed E-state index contributed by atoms with van der Waals surface area (Å²) in [4.78, 5) is 4.37. The standard InChI is InChI=1S/C13H21N3O3S/c1-2-5-14-13-8-12(3-6-15-13)20(18,19)16-7-4-11(9-16)10-17/h3,6,8,11,17H,2,4-5,7,9-10H2,1H3,(H,14,15). The number of anilines is 1. The van der Waals surface area contributed by atoms with Crippen LogP contribution in [0, 0.1) is 5.92 Å². The van der Waals surface area contributed by atoms with Gasteiger partial charge in [0, 0.05) is 38.5 Å². The zero-order chi connectivity index (χ0) is 14.6. The van der Waals surface area contributed by atoms with Crippen LogP contribution >= 0.6 is 0 Å². The first-order valence-corrected chi connectivity index (χ1v) is 8.33. The quantitative estimate of drug-likeness (QED) is 0.816. The van der Waals surface area contributed by atoms with Gasteiger partial charge in [-0.1, -0.05) is 6.92 Å². The molecule has 1 aliphatic heterocycles. The predicted octanol–water partition coefficient (Wildman–Crippen LogP) is 0.906. The Morgan fingerprint density at radius 1 is 1.55 bits per heavy atom. The van der Waals surface area contributed by atoms with E-state index in [0.717, 1.165) is 13.0 Å². The molecule has 0 saturated carbocycles. The maximum Gasteiger partial charge on any atom is 0.243 e. The Labute approximate surface area is 119 Å². The summed E-state index contributed by atoms with van der Waals surface area (Å²) in [7, 11) is -3.49. The number of rotatable bonds is 6. The third-order valence-corrected chi connectivity index (χ3v) is 5.29. The zero-order valence-corrected chi connectivity index (χ0v) is 12.4. The van der Waals surface area contributed by atoms with Gasteiger partial charge >= 0.3 is 0 Å². The lowest BCUT2D eigenvalue weighted by Crippen LogP contribution is -2.29. The lowest BCUT2D eigenvalue weighted by Gasteiger charge is -2.16. The van der Waals surface area contributed by atoms with Crippen LogP contribution in [0.25, 0.3) is 0 Å². The molecular formula is C13H21N3O3S. The highest BCUT2D eigenvalue weighted by atomic mass is 32.2. The van der Waals surface area contributed by atoms with Gasteiger partial charge in [0.05, 0.1) is 4.90 Å². The molecule has 0 radical (unpaired) electrons. The molecule has 1 unspecified atom stereocenters. The van der Waals surface area contributed by atoms with E-state index in [9.17, 15) is 8.42 Å². The van der Waals surface area contributed by atoms with Gasteiger partial charge in [0.1, 0.15) is 5.82 Å². The number of pyridine rings is 1. The van der Waals surface area contributed by atoms with Gasteiger partial charge in [0.2, 0.25) is 10.0 Å². The number of nitrogens with one attached hydrogen (secondary N) is 1. The molecule has 0 aliphatic carbocycles. The van der Waals surface area contributed by atoms with E-state index < -0.39 is 10.0 Å². The molecule has 0 bridgehead atoms. The summed E-state index contributed by atoms with van der Waals surface area (Å²) in [5.74, 6) is 0.620. The SMILES string of the molecule is CCCNc1cc(S(=O)(=O)N2CCC(CO)C2)ccn1. The number of hydrogen-bond acceptors (Lipinski definition) is 5. The monoisotopic (exact) mass is 299 g/mol. The normalized spacial score (nSPS) is 20.2. The fourth-order valence-corrected chi connectivity index (χ4v) is 3.78. The first kappa shape index (κ1) is 15.2. The smallest absolute Gasteiger partial charge is 0.243 e. The van der Waals surface area contributed by atoms with E-state index in [1.165, 1.54) is 16.6 Å².